The first-order valence-electron chi connectivity index (χ1n) is 6.15. The topological polar surface area (TPSA) is 77.0 Å². The number of hydrogen-bond donors (Lipinski definition) is 2. The van der Waals surface area contributed by atoms with Gasteiger partial charge in [0.1, 0.15) is 5.15 Å². The first-order valence-corrected chi connectivity index (χ1v) is 6.52. The van der Waals surface area contributed by atoms with Crippen LogP contribution in [0.3, 0.4) is 0 Å². The number of nitrogen functional groups attached to an aromatic ring is 1. The molecule has 3 aromatic rings. The predicted molar refractivity (Wildman–Crippen MR) is 79.7 cm³/mol. The van der Waals surface area contributed by atoms with Crippen LogP contribution in [0.25, 0.3) is 11.1 Å². The lowest BCUT2D eigenvalue weighted by Gasteiger charge is -2.09. The Morgan fingerprint density at radius 2 is 2.15 bits per heavy atom. The fourth-order valence-electron chi connectivity index (χ4n) is 2.09. The Kier molecular flexibility index (Phi) is 3.20. The molecule has 5 nitrogen and oxygen atoms in total. The average molecular weight is 289 g/mol. The van der Waals surface area contributed by atoms with E-state index in [9.17, 15) is 0 Å². The number of pyridine rings is 1. The summed E-state index contributed by atoms with van der Waals surface area (Å²) in [6.07, 6.45) is 0. The van der Waals surface area contributed by atoms with E-state index in [0.29, 0.717) is 17.4 Å². The molecule has 6 heteroatoms. The van der Waals surface area contributed by atoms with Crippen LogP contribution in [-0.2, 0) is 6.54 Å². The second-order valence-electron chi connectivity index (χ2n) is 4.49. The van der Waals surface area contributed by atoms with E-state index in [1.807, 2.05) is 31.2 Å². The third kappa shape index (κ3) is 2.28. The van der Waals surface area contributed by atoms with Crippen molar-refractivity contribution >= 4 is 34.1 Å². The van der Waals surface area contributed by atoms with Crippen LogP contribution in [0.1, 0.15) is 11.3 Å². The standard InChI is InChI=1S/C14H13ClN4O/c1-8-13-11(6-12(15)18-14(13)20-19-8)17-7-9-4-2-3-5-10(9)16/h2-6H,7,16H2,1H3,(H,17,18). The normalized spacial score (nSPS) is 10.9. The maximum Gasteiger partial charge on any atom is 0.261 e. The fourth-order valence-corrected chi connectivity index (χ4v) is 2.28. The van der Waals surface area contributed by atoms with E-state index in [2.05, 4.69) is 15.5 Å². The minimum absolute atomic E-state index is 0.359. The molecular weight excluding hydrogens is 276 g/mol. The van der Waals surface area contributed by atoms with E-state index in [0.717, 1.165) is 28.0 Å². The molecule has 0 amide bonds. The van der Waals surface area contributed by atoms with Gasteiger partial charge in [0, 0.05) is 12.2 Å². The molecule has 0 unspecified atom stereocenters. The Morgan fingerprint density at radius 3 is 2.95 bits per heavy atom. The quantitative estimate of drug-likeness (QED) is 0.571. The lowest BCUT2D eigenvalue weighted by atomic mass is 10.1. The van der Waals surface area contributed by atoms with Crippen LogP contribution >= 0.6 is 11.6 Å². The van der Waals surface area contributed by atoms with Crippen LogP contribution in [0.5, 0.6) is 0 Å². The van der Waals surface area contributed by atoms with Gasteiger partial charge in [-0.3, -0.25) is 0 Å². The van der Waals surface area contributed by atoms with E-state index in [-0.39, 0.29) is 0 Å². The van der Waals surface area contributed by atoms with Gasteiger partial charge in [0.05, 0.1) is 16.8 Å². The highest BCUT2D eigenvalue weighted by atomic mass is 35.5. The number of aryl methyl sites for hydroxylation is 1. The Balaban J connectivity index is 1.95. The second-order valence-corrected chi connectivity index (χ2v) is 4.88. The van der Waals surface area contributed by atoms with Gasteiger partial charge in [-0.05, 0) is 24.6 Å². The second kappa shape index (κ2) is 5.02. The fraction of sp³-hybridized carbons (Fsp3) is 0.143. The minimum Gasteiger partial charge on any atom is -0.398 e. The SMILES string of the molecule is Cc1noc2nc(Cl)cc(NCc3ccccc3N)c12. The molecule has 2 heterocycles. The van der Waals surface area contributed by atoms with Crippen LogP contribution in [0.4, 0.5) is 11.4 Å². The first kappa shape index (κ1) is 12.7. The summed E-state index contributed by atoms with van der Waals surface area (Å²) in [5.74, 6) is 0. The maximum absolute atomic E-state index is 5.98. The summed E-state index contributed by atoms with van der Waals surface area (Å²) in [7, 11) is 0. The van der Waals surface area contributed by atoms with Crippen molar-refractivity contribution in [1.29, 1.82) is 0 Å². The number of anilines is 2. The Morgan fingerprint density at radius 1 is 1.35 bits per heavy atom. The van der Waals surface area contributed by atoms with E-state index in [4.69, 9.17) is 21.9 Å². The molecule has 0 spiro atoms. The van der Waals surface area contributed by atoms with Crippen LogP contribution in [0.15, 0.2) is 34.9 Å². The monoisotopic (exact) mass is 288 g/mol. The van der Waals surface area contributed by atoms with Gasteiger partial charge >= 0.3 is 0 Å². The van der Waals surface area contributed by atoms with Gasteiger partial charge in [-0.2, -0.15) is 4.98 Å². The first-order chi connectivity index (χ1) is 9.65. The third-order valence-electron chi connectivity index (χ3n) is 3.11. The molecule has 0 bridgehead atoms. The van der Waals surface area contributed by atoms with E-state index >= 15 is 0 Å². The molecule has 3 N–H and O–H groups in total. The van der Waals surface area contributed by atoms with Crippen LogP contribution in [0.2, 0.25) is 5.15 Å². The summed E-state index contributed by atoms with van der Waals surface area (Å²) in [5.41, 5.74) is 9.73. The number of fused-ring (bicyclic) bond motifs is 1. The van der Waals surface area contributed by atoms with E-state index in [1.54, 1.807) is 6.07 Å². The van der Waals surface area contributed by atoms with Crippen molar-refractivity contribution in [2.45, 2.75) is 13.5 Å². The number of halogens is 1. The molecule has 0 aliphatic heterocycles. The van der Waals surface area contributed by atoms with Gasteiger partial charge in [-0.15, -0.1) is 0 Å². The predicted octanol–water partition coefficient (Wildman–Crippen LogP) is 3.38. The zero-order valence-corrected chi connectivity index (χ0v) is 11.6. The van der Waals surface area contributed by atoms with Crippen LogP contribution in [0, 0.1) is 6.92 Å². The van der Waals surface area contributed by atoms with Crippen molar-refractivity contribution in [2.75, 3.05) is 11.1 Å². The van der Waals surface area contributed by atoms with Gasteiger partial charge in [0.25, 0.3) is 5.71 Å². The molecule has 20 heavy (non-hydrogen) atoms. The number of nitrogens with two attached hydrogens (primary N) is 1. The molecule has 0 fully saturated rings. The highest BCUT2D eigenvalue weighted by Gasteiger charge is 2.12. The maximum atomic E-state index is 5.98. The van der Waals surface area contributed by atoms with Crippen molar-refractivity contribution in [2.24, 2.45) is 0 Å². The van der Waals surface area contributed by atoms with Gasteiger partial charge in [0.15, 0.2) is 0 Å². The highest BCUT2D eigenvalue weighted by molar-refractivity contribution is 6.30. The van der Waals surface area contributed by atoms with Crippen molar-refractivity contribution in [1.82, 2.24) is 10.1 Å². The zero-order chi connectivity index (χ0) is 14.1. The molecule has 1 aromatic carbocycles. The minimum atomic E-state index is 0.359. The number of rotatable bonds is 3. The van der Waals surface area contributed by atoms with Gasteiger partial charge < -0.3 is 15.6 Å². The molecule has 0 saturated carbocycles. The third-order valence-corrected chi connectivity index (χ3v) is 3.30. The number of aromatic nitrogens is 2. The smallest absolute Gasteiger partial charge is 0.261 e. The molecule has 0 saturated heterocycles. The molecule has 0 aliphatic carbocycles. The number of nitrogens with one attached hydrogen (secondary N) is 1. The Hall–Kier alpha value is -2.27. The van der Waals surface area contributed by atoms with Crippen molar-refractivity contribution in [3.8, 4) is 0 Å². The molecular formula is C14H13ClN4O. The highest BCUT2D eigenvalue weighted by Crippen LogP contribution is 2.28. The van der Waals surface area contributed by atoms with Crippen molar-refractivity contribution in [3.05, 3.63) is 46.7 Å². The van der Waals surface area contributed by atoms with Crippen LogP contribution in [-0.4, -0.2) is 10.1 Å². The molecule has 0 radical (unpaired) electrons. The lowest BCUT2D eigenvalue weighted by molar-refractivity contribution is 0.443. The summed E-state index contributed by atoms with van der Waals surface area (Å²) in [6.45, 7) is 2.45. The summed E-state index contributed by atoms with van der Waals surface area (Å²) in [5, 5.41) is 8.41. The van der Waals surface area contributed by atoms with E-state index < -0.39 is 0 Å². The van der Waals surface area contributed by atoms with Gasteiger partial charge in [-0.25, -0.2) is 0 Å². The number of hydrogen-bond acceptors (Lipinski definition) is 5. The summed E-state index contributed by atoms with van der Waals surface area (Å²) in [4.78, 5) is 4.10. The summed E-state index contributed by atoms with van der Waals surface area (Å²) >= 11 is 5.98. The largest absolute Gasteiger partial charge is 0.398 e. The molecule has 0 aliphatic rings. The summed E-state index contributed by atoms with van der Waals surface area (Å²) in [6, 6.07) is 9.46. The Bertz CT molecular complexity index is 769. The van der Waals surface area contributed by atoms with Crippen molar-refractivity contribution in [3.63, 3.8) is 0 Å². The molecule has 2 aromatic heterocycles. The van der Waals surface area contributed by atoms with Crippen molar-refractivity contribution < 1.29 is 4.52 Å². The molecule has 102 valence electrons. The van der Waals surface area contributed by atoms with Gasteiger partial charge in [0.2, 0.25) is 0 Å². The van der Waals surface area contributed by atoms with Gasteiger partial charge in [-0.1, -0.05) is 35.0 Å². The molecule has 3 rings (SSSR count). The number of para-hydroxylation sites is 1. The van der Waals surface area contributed by atoms with Crippen LogP contribution < -0.4 is 11.1 Å². The lowest BCUT2D eigenvalue weighted by Crippen LogP contribution is -2.03. The average Bonchev–Trinajstić information content (AvgIpc) is 2.79. The van der Waals surface area contributed by atoms with E-state index in [1.165, 1.54) is 0 Å². The Labute approximate surface area is 120 Å². The molecule has 0 atom stereocenters. The number of nitrogens with zero attached hydrogens (tertiary/aromatic N) is 2. The number of benzene rings is 1. The zero-order valence-electron chi connectivity index (χ0n) is 10.9. The summed E-state index contributed by atoms with van der Waals surface area (Å²) < 4.78 is 5.14.